The lowest BCUT2D eigenvalue weighted by Crippen LogP contribution is -2.49. The average molecular weight is 464 g/mol. The van der Waals surface area contributed by atoms with E-state index in [1.807, 2.05) is 31.2 Å². The van der Waals surface area contributed by atoms with Crippen LogP contribution in [0.3, 0.4) is 0 Å². The van der Waals surface area contributed by atoms with Crippen molar-refractivity contribution in [2.75, 3.05) is 6.54 Å². The molecule has 6 heteroatoms. The van der Waals surface area contributed by atoms with Crippen molar-refractivity contribution in [3.8, 4) is 0 Å². The van der Waals surface area contributed by atoms with Gasteiger partial charge in [0.15, 0.2) is 0 Å². The van der Waals surface area contributed by atoms with Crippen LogP contribution in [-0.4, -0.2) is 28.2 Å². The van der Waals surface area contributed by atoms with Gasteiger partial charge in [0.1, 0.15) is 11.4 Å². The van der Waals surface area contributed by atoms with E-state index in [0.29, 0.717) is 25.8 Å². The van der Waals surface area contributed by atoms with Gasteiger partial charge in [-0.15, -0.1) is 0 Å². The summed E-state index contributed by atoms with van der Waals surface area (Å²) in [5.41, 5.74) is 0.00620. The number of hydrogen-bond acceptors (Lipinski definition) is 3. The molecule has 1 N–H and O–H groups in total. The number of benzene rings is 2. The molecule has 2 aromatic carbocycles. The summed E-state index contributed by atoms with van der Waals surface area (Å²) in [6.07, 6.45) is 1.09. The van der Waals surface area contributed by atoms with E-state index in [0.717, 1.165) is 15.6 Å². The average Bonchev–Trinajstić information content (AvgIpc) is 2.66. The number of halogens is 2. The molecule has 1 aliphatic rings. The van der Waals surface area contributed by atoms with Gasteiger partial charge < -0.3 is 14.7 Å². The molecule has 1 heterocycles. The minimum atomic E-state index is -0.889. The van der Waals surface area contributed by atoms with Gasteiger partial charge in [-0.25, -0.2) is 9.18 Å². The second-order valence-electron chi connectivity index (χ2n) is 8.36. The van der Waals surface area contributed by atoms with Crippen molar-refractivity contribution in [3.63, 3.8) is 0 Å². The van der Waals surface area contributed by atoms with E-state index in [4.69, 9.17) is 4.74 Å². The summed E-state index contributed by atoms with van der Waals surface area (Å²) in [6.45, 7) is 5.95. The van der Waals surface area contributed by atoms with Gasteiger partial charge >= 0.3 is 6.09 Å². The monoisotopic (exact) mass is 463 g/mol. The Morgan fingerprint density at radius 2 is 1.97 bits per heavy atom. The van der Waals surface area contributed by atoms with E-state index in [-0.39, 0.29) is 11.9 Å². The lowest BCUT2D eigenvalue weighted by Gasteiger charge is -2.44. The molecule has 3 rings (SSSR count). The molecule has 0 bridgehead atoms. The molecule has 4 nitrogen and oxygen atoms in total. The molecule has 1 amide bonds. The molecule has 0 aromatic heterocycles. The predicted molar refractivity (Wildman–Crippen MR) is 114 cm³/mol. The van der Waals surface area contributed by atoms with Gasteiger partial charge in [-0.3, -0.25) is 0 Å². The first-order valence-corrected chi connectivity index (χ1v) is 10.6. The highest BCUT2D eigenvalue weighted by molar-refractivity contribution is 9.10. The summed E-state index contributed by atoms with van der Waals surface area (Å²) >= 11 is 3.47. The van der Waals surface area contributed by atoms with Crippen LogP contribution in [0.1, 0.15) is 57.2 Å². The first kappa shape index (κ1) is 21.8. The second kappa shape index (κ2) is 8.44. The van der Waals surface area contributed by atoms with Crippen molar-refractivity contribution in [3.05, 3.63) is 69.9 Å². The molecule has 1 fully saturated rings. The van der Waals surface area contributed by atoms with Crippen molar-refractivity contribution in [1.82, 2.24) is 4.90 Å². The first-order chi connectivity index (χ1) is 13.6. The molecule has 156 valence electrons. The van der Waals surface area contributed by atoms with E-state index < -0.39 is 17.3 Å². The number of carbonyl (C=O) groups excluding carboxylic acids is 1. The number of amides is 1. The number of hydrogen-bond donors (Lipinski definition) is 1. The number of nitrogens with zero attached hydrogens (tertiary/aromatic N) is 1. The highest BCUT2D eigenvalue weighted by atomic mass is 79.9. The van der Waals surface area contributed by atoms with E-state index in [1.165, 1.54) is 12.1 Å². The van der Waals surface area contributed by atoms with Gasteiger partial charge in [0.05, 0.1) is 11.6 Å². The maximum absolute atomic E-state index is 13.5. The first-order valence-electron chi connectivity index (χ1n) is 9.83. The van der Waals surface area contributed by atoms with Gasteiger partial charge in [-0.2, -0.15) is 0 Å². The molecular formula is C23H27BrFNO3. The van der Waals surface area contributed by atoms with Crippen LogP contribution >= 0.6 is 15.9 Å². The van der Waals surface area contributed by atoms with Crippen LogP contribution in [0.25, 0.3) is 0 Å². The van der Waals surface area contributed by atoms with Crippen LogP contribution < -0.4 is 0 Å². The number of carbonyl (C=O) groups is 1. The van der Waals surface area contributed by atoms with Gasteiger partial charge in [0, 0.05) is 17.4 Å². The molecule has 1 unspecified atom stereocenters. The van der Waals surface area contributed by atoms with E-state index >= 15 is 0 Å². The standard InChI is InChI=1S/C23H27BrFNO3/c1-16(17-5-4-6-19(24)15-17)26-14-13-23(29-21(26)27,12-11-22(2,3)28)18-7-9-20(25)10-8-18/h4-10,15-16,28H,11-14H2,1-3H3/t16-,23?/m0/s1. The Labute approximate surface area is 179 Å². The summed E-state index contributed by atoms with van der Waals surface area (Å²) < 4.78 is 20.4. The molecule has 2 atom stereocenters. The minimum absolute atomic E-state index is 0.138. The Hall–Kier alpha value is -1.92. The number of ether oxygens (including phenoxy) is 1. The van der Waals surface area contributed by atoms with Crippen LogP contribution in [0.15, 0.2) is 53.0 Å². The highest BCUT2D eigenvalue weighted by Crippen LogP contribution is 2.41. The number of cyclic esters (lactones) is 1. The van der Waals surface area contributed by atoms with Crippen molar-refractivity contribution in [2.45, 2.75) is 57.3 Å². The summed E-state index contributed by atoms with van der Waals surface area (Å²) in [5.74, 6) is -0.335. The SMILES string of the molecule is C[C@@H](c1cccc(Br)c1)N1CCC(CCC(C)(C)O)(c2ccc(F)cc2)OC1=O. The largest absolute Gasteiger partial charge is 0.438 e. The quantitative estimate of drug-likeness (QED) is 0.576. The summed E-state index contributed by atoms with van der Waals surface area (Å²) in [5, 5.41) is 10.2. The minimum Gasteiger partial charge on any atom is -0.438 e. The lowest BCUT2D eigenvalue weighted by atomic mass is 9.82. The zero-order chi connectivity index (χ0) is 21.2. The van der Waals surface area contributed by atoms with Crippen LogP contribution in [0, 0.1) is 5.82 Å². The zero-order valence-corrected chi connectivity index (χ0v) is 18.6. The zero-order valence-electron chi connectivity index (χ0n) is 17.0. The molecule has 29 heavy (non-hydrogen) atoms. The summed E-state index contributed by atoms with van der Waals surface area (Å²) in [6, 6.07) is 13.8. The second-order valence-corrected chi connectivity index (χ2v) is 9.27. The molecule has 0 saturated carbocycles. The molecule has 2 aromatic rings. The number of rotatable bonds is 6. The third-order valence-electron chi connectivity index (χ3n) is 5.58. The van der Waals surface area contributed by atoms with Crippen molar-refractivity contribution in [1.29, 1.82) is 0 Å². The molecule has 0 aliphatic carbocycles. The molecule has 0 radical (unpaired) electrons. The van der Waals surface area contributed by atoms with Crippen LogP contribution in [0.5, 0.6) is 0 Å². The van der Waals surface area contributed by atoms with Crippen molar-refractivity contribution >= 4 is 22.0 Å². The maximum atomic E-state index is 13.5. The molecular weight excluding hydrogens is 437 g/mol. The van der Waals surface area contributed by atoms with Crippen LogP contribution in [-0.2, 0) is 10.3 Å². The van der Waals surface area contributed by atoms with E-state index in [2.05, 4.69) is 15.9 Å². The molecule has 1 saturated heterocycles. The van der Waals surface area contributed by atoms with Gasteiger partial charge in [-0.05, 0) is 69.0 Å². The summed E-state index contributed by atoms with van der Waals surface area (Å²) in [4.78, 5) is 14.7. The van der Waals surface area contributed by atoms with Gasteiger partial charge in [-0.1, -0.05) is 40.2 Å². The third kappa shape index (κ3) is 5.17. The predicted octanol–water partition coefficient (Wildman–Crippen LogP) is 5.94. The fraction of sp³-hybridized carbons (Fsp3) is 0.435. The smallest absolute Gasteiger partial charge is 0.411 e. The Morgan fingerprint density at radius 3 is 2.55 bits per heavy atom. The highest BCUT2D eigenvalue weighted by Gasteiger charge is 2.44. The third-order valence-corrected chi connectivity index (χ3v) is 6.08. The fourth-order valence-electron chi connectivity index (χ4n) is 3.75. The van der Waals surface area contributed by atoms with Gasteiger partial charge in [0.25, 0.3) is 0 Å². The number of aliphatic hydroxyl groups is 1. The van der Waals surface area contributed by atoms with Crippen LogP contribution in [0.2, 0.25) is 0 Å². The molecule has 1 aliphatic heterocycles. The Balaban J connectivity index is 1.85. The van der Waals surface area contributed by atoms with Crippen molar-refractivity contribution < 1.29 is 19.0 Å². The Morgan fingerprint density at radius 1 is 1.28 bits per heavy atom. The van der Waals surface area contributed by atoms with Gasteiger partial charge in [0.2, 0.25) is 0 Å². The Bertz CT molecular complexity index is 865. The van der Waals surface area contributed by atoms with Crippen LogP contribution in [0.4, 0.5) is 9.18 Å². The van der Waals surface area contributed by atoms with E-state index in [9.17, 15) is 14.3 Å². The van der Waals surface area contributed by atoms with E-state index in [1.54, 1.807) is 30.9 Å². The summed E-state index contributed by atoms with van der Waals surface area (Å²) in [7, 11) is 0. The lowest BCUT2D eigenvalue weighted by molar-refractivity contribution is -0.0768. The maximum Gasteiger partial charge on any atom is 0.411 e. The molecule has 0 spiro atoms. The fourth-order valence-corrected chi connectivity index (χ4v) is 4.17. The van der Waals surface area contributed by atoms with Crippen molar-refractivity contribution in [2.24, 2.45) is 0 Å². The Kier molecular flexibility index (Phi) is 6.34. The normalized spacial score (nSPS) is 21.0. The topological polar surface area (TPSA) is 49.8 Å².